The second-order valence-electron chi connectivity index (χ2n) is 5.91. The lowest BCUT2D eigenvalue weighted by Crippen LogP contribution is -2.55. The average Bonchev–Trinajstić information content (AvgIpc) is 2.79. The van der Waals surface area contributed by atoms with E-state index in [-0.39, 0.29) is 6.10 Å². The lowest BCUT2D eigenvalue weighted by molar-refractivity contribution is 0.0393. The Labute approximate surface area is 108 Å². The first-order valence-corrected chi connectivity index (χ1v) is 7.08. The number of rotatable bonds is 1. The predicted octanol–water partition coefficient (Wildman–Crippen LogP) is 2.10. The van der Waals surface area contributed by atoms with Gasteiger partial charge in [-0.05, 0) is 50.9 Å². The van der Waals surface area contributed by atoms with E-state index < -0.39 is 0 Å². The average molecular weight is 244 g/mol. The third-order valence-electron chi connectivity index (χ3n) is 4.71. The fraction of sp³-hybridized carbons (Fsp3) is 0.600. The largest absolute Gasteiger partial charge is 0.484 e. The Balaban J connectivity index is 1.57. The molecule has 0 aromatic heterocycles. The third-order valence-corrected chi connectivity index (χ3v) is 4.71. The van der Waals surface area contributed by atoms with Crippen LogP contribution >= 0.6 is 0 Å². The van der Waals surface area contributed by atoms with E-state index in [1.807, 2.05) is 0 Å². The van der Waals surface area contributed by atoms with Crippen LogP contribution < -0.4 is 0 Å². The summed E-state index contributed by atoms with van der Waals surface area (Å²) in [6, 6.07) is 0.650. The topological polar surface area (TPSA) is 15.7 Å². The zero-order valence-corrected chi connectivity index (χ0v) is 10.9. The molecule has 1 unspecified atom stereocenters. The number of piperidine rings is 3. The van der Waals surface area contributed by atoms with Crippen LogP contribution in [-0.2, 0) is 4.74 Å². The summed E-state index contributed by atoms with van der Waals surface area (Å²) in [5.74, 6) is 1.92. The van der Waals surface area contributed by atoms with Gasteiger partial charge >= 0.3 is 0 Å². The molecule has 5 aliphatic heterocycles. The van der Waals surface area contributed by atoms with Crippen LogP contribution in [0.15, 0.2) is 35.9 Å². The van der Waals surface area contributed by atoms with E-state index in [0.717, 1.165) is 11.7 Å². The molecule has 5 aliphatic rings. The fourth-order valence-electron chi connectivity index (χ4n) is 3.70. The van der Waals surface area contributed by atoms with Crippen LogP contribution in [0.3, 0.4) is 0 Å². The number of hydrogen-bond acceptors (Lipinski definition) is 3. The van der Waals surface area contributed by atoms with Crippen molar-refractivity contribution in [3.8, 4) is 0 Å². The second kappa shape index (κ2) is 3.89. The maximum atomic E-state index is 5.83. The Morgan fingerprint density at radius 2 is 2.11 bits per heavy atom. The fourth-order valence-corrected chi connectivity index (χ4v) is 3.70. The van der Waals surface area contributed by atoms with Crippen molar-refractivity contribution in [3.63, 3.8) is 0 Å². The first-order chi connectivity index (χ1) is 8.79. The summed E-state index contributed by atoms with van der Waals surface area (Å²) in [5, 5.41) is 0. The maximum Gasteiger partial charge on any atom is 0.143 e. The lowest BCUT2D eigenvalue weighted by atomic mass is 9.83. The molecule has 0 N–H and O–H groups in total. The summed E-state index contributed by atoms with van der Waals surface area (Å²) in [4.78, 5) is 4.99. The van der Waals surface area contributed by atoms with E-state index in [1.54, 1.807) is 0 Å². The maximum absolute atomic E-state index is 5.83. The molecule has 5 rings (SSSR count). The Hall–Kier alpha value is -1.22. The van der Waals surface area contributed by atoms with Gasteiger partial charge in [0.05, 0.1) is 0 Å². The smallest absolute Gasteiger partial charge is 0.143 e. The van der Waals surface area contributed by atoms with Crippen molar-refractivity contribution in [3.05, 3.63) is 35.9 Å². The summed E-state index contributed by atoms with van der Waals surface area (Å²) in [5.41, 5.74) is 1.25. The van der Waals surface area contributed by atoms with Crippen molar-refractivity contribution in [2.45, 2.75) is 31.9 Å². The standard InChI is InChI=1S/C15H20N2O/c1-11-8-13-4-7-17(10-15(13)18-11)14-9-16-5-2-12(14)3-6-16/h4,7-8,10-12,14H,2-3,5-6,9H2,1H3/t11?,14-/m0/s1. The van der Waals surface area contributed by atoms with Gasteiger partial charge in [0, 0.05) is 30.6 Å². The molecule has 3 heteroatoms. The van der Waals surface area contributed by atoms with Gasteiger partial charge in [-0.25, -0.2) is 0 Å². The van der Waals surface area contributed by atoms with Crippen LogP contribution in [0, 0.1) is 5.92 Å². The third kappa shape index (κ3) is 1.61. The van der Waals surface area contributed by atoms with Gasteiger partial charge in [-0.15, -0.1) is 0 Å². The van der Waals surface area contributed by atoms with Gasteiger partial charge in [-0.3, -0.25) is 0 Å². The number of hydrogen-bond donors (Lipinski definition) is 0. The lowest BCUT2D eigenvalue weighted by Gasteiger charge is -2.48. The van der Waals surface area contributed by atoms with Crippen LogP contribution in [0.1, 0.15) is 19.8 Å². The Kier molecular flexibility index (Phi) is 2.31. The van der Waals surface area contributed by atoms with E-state index in [1.165, 1.54) is 38.0 Å². The van der Waals surface area contributed by atoms with E-state index in [9.17, 15) is 0 Å². The first kappa shape index (κ1) is 10.7. The molecule has 3 nitrogen and oxygen atoms in total. The van der Waals surface area contributed by atoms with Crippen molar-refractivity contribution in [1.82, 2.24) is 9.80 Å². The van der Waals surface area contributed by atoms with Crippen molar-refractivity contribution in [2.75, 3.05) is 19.6 Å². The zero-order valence-electron chi connectivity index (χ0n) is 10.9. The second-order valence-corrected chi connectivity index (χ2v) is 5.91. The molecule has 3 fully saturated rings. The molecule has 5 heterocycles. The summed E-state index contributed by atoms with van der Waals surface area (Å²) in [6.07, 6.45) is 11.8. The highest BCUT2D eigenvalue weighted by atomic mass is 16.5. The highest BCUT2D eigenvalue weighted by Gasteiger charge is 2.37. The molecule has 96 valence electrons. The molecule has 0 saturated carbocycles. The van der Waals surface area contributed by atoms with Gasteiger partial charge < -0.3 is 14.5 Å². The molecule has 18 heavy (non-hydrogen) atoms. The van der Waals surface area contributed by atoms with E-state index in [2.05, 4.69) is 41.3 Å². The molecule has 2 bridgehead atoms. The number of allylic oxidation sites excluding steroid dienone is 1. The summed E-state index contributed by atoms with van der Waals surface area (Å²) in [7, 11) is 0. The molecule has 2 atom stereocenters. The van der Waals surface area contributed by atoms with Crippen molar-refractivity contribution >= 4 is 0 Å². The van der Waals surface area contributed by atoms with Crippen LogP contribution in [0.5, 0.6) is 0 Å². The van der Waals surface area contributed by atoms with Crippen molar-refractivity contribution < 1.29 is 4.74 Å². The molecular formula is C15H20N2O. The molecule has 0 aromatic rings. The van der Waals surface area contributed by atoms with Gasteiger partial charge in [0.1, 0.15) is 11.9 Å². The molecular weight excluding hydrogens is 224 g/mol. The molecule has 0 aliphatic carbocycles. The van der Waals surface area contributed by atoms with Crippen molar-refractivity contribution in [2.24, 2.45) is 5.92 Å². The predicted molar refractivity (Wildman–Crippen MR) is 70.6 cm³/mol. The summed E-state index contributed by atoms with van der Waals surface area (Å²) < 4.78 is 5.83. The molecule has 0 radical (unpaired) electrons. The molecule has 0 amide bonds. The summed E-state index contributed by atoms with van der Waals surface area (Å²) in [6.45, 7) is 5.91. The highest BCUT2D eigenvalue weighted by Crippen LogP contribution is 2.35. The summed E-state index contributed by atoms with van der Waals surface area (Å²) >= 11 is 0. The van der Waals surface area contributed by atoms with Gasteiger partial charge in [0.15, 0.2) is 0 Å². The normalized spacial score (nSPS) is 41.3. The molecule has 3 saturated heterocycles. The van der Waals surface area contributed by atoms with Gasteiger partial charge in [-0.1, -0.05) is 0 Å². The minimum absolute atomic E-state index is 0.224. The van der Waals surface area contributed by atoms with Gasteiger partial charge in [-0.2, -0.15) is 0 Å². The number of fused-ring (bicyclic) bond motifs is 4. The molecule has 0 aromatic carbocycles. The quantitative estimate of drug-likeness (QED) is 0.702. The van der Waals surface area contributed by atoms with Crippen LogP contribution in [0.4, 0.5) is 0 Å². The van der Waals surface area contributed by atoms with Gasteiger partial charge in [0.2, 0.25) is 0 Å². The minimum Gasteiger partial charge on any atom is -0.484 e. The Bertz CT molecular complexity index is 443. The highest BCUT2D eigenvalue weighted by molar-refractivity contribution is 5.43. The van der Waals surface area contributed by atoms with Crippen LogP contribution in [0.2, 0.25) is 0 Å². The number of nitrogens with zero attached hydrogens (tertiary/aromatic N) is 2. The van der Waals surface area contributed by atoms with E-state index >= 15 is 0 Å². The van der Waals surface area contributed by atoms with E-state index in [0.29, 0.717) is 6.04 Å². The van der Waals surface area contributed by atoms with Gasteiger partial charge in [0.25, 0.3) is 0 Å². The first-order valence-electron chi connectivity index (χ1n) is 7.08. The van der Waals surface area contributed by atoms with Crippen LogP contribution in [0.25, 0.3) is 0 Å². The number of ether oxygens (including phenoxy) is 1. The Morgan fingerprint density at radius 3 is 2.83 bits per heavy atom. The van der Waals surface area contributed by atoms with Crippen molar-refractivity contribution in [1.29, 1.82) is 0 Å². The minimum atomic E-state index is 0.224. The Morgan fingerprint density at radius 1 is 1.28 bits per heavy atom. The zero-order chi connectivity index (χ0) is 12.1. The van der Waals surface area contributed by atoms with E-state index in [4.69, 9.17) is 4.74 Å². The monoisotopic (exact) mass is 244 g/mol. The SMILES string of the molecule is CC1C=C2C=CN([C@H]3CN4CCC3CC4)C=C2O1. The molecule has 0 spiro atoms. The van der Waals surface area contributed by atoms with Crippen LogP contribution in [-0.4, -0.2) is 41.6 Å².